The van der Waals surface area contributed by atoms with E-state index >= 15 is 0 Å². The Balaban J connectivity index is 1.79. The molecule has 4 rings (SSSR count). The number of alkyl halides is 3. The number of aryl methyl sites for hydroxylation is 1. The third-order valence-corrected chi connectivity index (χ3v) is 4.01. The molecule has 0 bridgehead atoms. The molecule has 0 saturated carbocycles. The molecule has 0 aliphatic rings. The first kappa shape index (κ1) is 15.4. The molecule has 25 heavy (non-hydrogen) atoms. The van der Waals surface area contributed by atoms with Crippen LogP contribution in [0.15, 0.2) is 53.1 Å². The average molecular weight is 343 g/mol. The standard InChI is InChI=1S/C18H12F3N3O/c1-10-12-4-2-3-5-15(12)25-17(10)11-6-7-22-13(8-11)14-9-16(24-23-14)18(19,20)21/h2-9H,1H3,(H,23,24). The molecule has 0 spiro atoms. The fourth-order valence-electron chi connectivity index (χ4n) is 2.77. The van der Waals surface area contributed by atoms with E-state index in [2.05, 4.69) is 15.2 Å². The number of pyridine rings is 1. The molecule has 0 fully saturated rings. The van der Waals surface area contributed by atoms with Crippen molar-refractivity contribution in [2.75, 3.05) is 0 Å². The van der Waals surface area contributed by atoms with E-state index in [0.717, 1.165) is 28.2 Å². The van der Waals surface area contributed by atoms with E-state index in [1.165, 1.54) is 6.20 Å². The van der Waals surface area contributed by atoms with Gasteiger partial charge in [-0.05, 0) is 31.2 Å². The molecule has 0 aliphatic heterocycles. The fraction of sp³-hybridized carbons (Fsp3) is 0.111. The lowest BCUT2D eigenvalue weighted by atomic mass is 10.1. The molecule has 0 saturated heterocycles. The van der Waals surface area contributed by atoms with Gasteiger partial charge in [0.25, 0.3) is 0 Å². The van der Waals surface area contributed by atoms with Crippen molar-refractivity contribution in [2.45, 2.75) is 13.1 Å². The third kappa shape index (κ3) is 2.67. The molecule has 1 N–H and O–H groups in total. The van der Waals surface area contributed by atoms with E-state index in [1.807, 2.05) is 31.2 Å². The zero-order chi connectivity index (χ0) is 17.6. The van der Waals surface area contributed by atoms with Crippen molar-refractivity contribution in [3.63, 3.8) is 0 Å². The van der Waals surface area contributed by atoms with Gasteiger partial charge < -0.3 is 4.42 Å². The van der Waals surface area contributed by atoms with Crippen molar-refractivity contribution in [3.05, 3.63) is 59.9 Å². The van der Waals surface area contributed by atoms with Crippen LogP contribution in [0.4, 0.5) is 13.2 Å². The summed E-state index contributed by atoms with van der Waals surface area (Å²) in [5.74, 6) is 0.667. The molecule has 0 aliphatic carbocycles. The van der Waals surface area contributed by atoms with Gasteiger partial charge >= 0.3 is 6.18 Å². The van der Waals surface area contributed by atoms with Crippen LogP contribution in [-0.2, 0) is 6.18 Å². The van der Waals surface area contributed by atoms with E-state index in [9.17, 15) is 13.2 Å². The summed E-state index contributed by atoms with van der Waals surface area (Å²) in [6, 6.07) is 12.0. The SMILES string of the molecule is Cc1c(-c2ccnc(-c3cc(C(F)(F)F)n[nH]3)c2)oc2ccccc12. The maximum atomic E-state index is 12.7. The highest BCUT2D eigenvalue weighted by molar-refractivity contribution is 5.87. The number of hydrogen-bond donors (Lipinski definition) is 1. The summed E-state index contributed by atoms with van der Waals surface area (Å²) in [5.41, 5.74) is 2.04. The lowest BCUT2D eigenvalue weighted by Gasteiger charge is -2.02. The number of aromatic amines is 1. The fourth-order valence-corrected chi connectivity index (χ4v) is 2.77. The summed E-state index contributed by atoms with van der Waals surface area (Å²) < 4.78 is 44.0. The quantitative estimate of drug-likeness (QED) is 0.543. The lowest BCUT2D eigenvalue weighted by molar-refractivity contribution is -0.141. The lowest BCUT2D eigenvalue weighted by Crippen LogP contribution is -2.04. The normalized spacial score (nSPS) is 12.0. The van der Waals surface area contributed by atoms with Gasteiger partial charge in [0, 0.05) is 22.7 Å². The van der Waals surface area contributed by atoms with E-state index in [-0.39, 0.29) is 5.69 Å². The van der Waals surface area contributed by atoms with Crippen LogP contribution in [0.3, 0.4) is 0 Å². The summed E-state index contributed by atoms with van der Waals surface area (Å²) in [6.45, 7) is 1.94. The molecule has 1 aromatic carbocycles. The molecule has 126 valence electrons. The van der Waals surface area contributed by atoms with Crippen LogP contribution in [-0.4, -0.2) is 15.2 Å². The minimum Gasteiger partial charge on any atom is -0.456 e. The number of furan rings is 1. The Kier molecular flexibility index (Phi) is 3.38. The number of hydrogen-bond acceptors (Lipinski definition) is 3. The highest BCUT2D eigenvalue weighted by Crippen LogP contribution is 2.34. The van der Waals surface area contributed by atoms with E-state index in [1.54, 1.807) is 12.1 Å². The van der Waals surface area contributed by atoms with Crippen LogP contribution in [0, 0.1) is 6.92 Å². The molecular weight excluding hydrogens is 331 g/mol. The molecule has 0 unspecified atom stereocenters. The molecule has 0 radical (unpaired) electrons. The third-order valence-electron chi connectivity index (χ3n) is 4.01. The number of H-pyrrole nitrogens is 1. The van der Waals surface area contributed by atoms with Gasteiger partial charge in [0.05, 0.1) is 11.4 Å². The second-order valence-electron chi connectivity index (χ2n) is 5.65. The second kappa shape index (κ2) is 5.47. The molecule has 7 heteroatoms. The first-order valence-corrected chi connectivity index (χ1v) is 7.51. The van der Waals surface area contributed by atoms with Gasteiger partial charge in [-0.25, -0.2) is 0 Å². The van der Waals surface area contributed by atoms with Gasteiger partial charge in [0.2, 0.25) is 0 Å². The molecule has 0 atom stereocenters. The van der Waals surface area contributed by atoms with Crippen molar-refractivity contribution in [3.8, 4) is 22.7 Å². The Labute approximate surface area is 140 Å². The van der Waals surface area contributed by atoms with Crippen molar-refractivity contribution >= 4 is 11.0 Å². The topological polar surface area (TPSA) is 54.7 Å². The van der Waals surface area contributed by atoms with Gasteiger partial charge in [0.15, 0.2) is 5.69 Å². The monoisotopic (exact) mass is 343 g/mol. The number of para-hydroxylation sites is 1. The van der Waals surface area contributed by atoms with E-state index in [0.29, 0.717) is 11.5 Å². The van der Waals surface area contributed by atoms with Gasteiger partial charge in [0.1, 0.15) is 11.3 Å². The Morgan fingerprint density at radius 2 is 1.88 bits per heavy atom. The molecule has 4 aromatic rings. The minimum absolute atomic E-state index is 0.197. The largest absolute Gasteiger partial charge is 0.456 e. The number of aromatic nitrogens is 3. The van der Waals surface area contributed by atoms with Crippen molar-refractivity contribution in [2.24, 2.45) is 0 Å². The van der Waals surface area contributed by atoms with Crippen LogP contribution in [0.2, 0.25) is 0 Å². The van der Waals surface area contributed by atoms with Crippen LogP contribution in [0.1, 0.15) is 11.3 Å². The van der Waals surface area contributed by atoms with E-state index in [4.69, 9.17) is 4.42 Å². The Morgan fingerprint density at radius 3 is 2.60 bits per heavy atom. The number of halogens is 3. The summed E-state index contributed by atoms with van der Waals surface area (Å²) in [5, 5.41) is 6.69. The molecule has 4 nitrogen and oxygen atoms in total. The van der Waals surface area contributed by atoms with Crippen LogP contribution in [0.25, 0.3) is 33.7 Å². The zero-order valence-electron chi connectivity index (χ0n) is 13.1. The van der Waals surface area contributed by atoms with Crippen molar-refractivity contribution in [1.29, 1.82) is 0 Å². The predicted molar refractivity (Wildman–Crippen MR) is 86.8 cm³/mol. The first-order valence-electron chi connectivity index (χ1n) is 7.51. The summed E-state index contributed by atoms with van der Waals surface area (Å²) in [7, 11) is 0. The number of nitrogens with zero attached hydrogens (tertiary/aromatic N) is 2. The predicted octanol–water partition coefficient (Wildman–Crippen LogP) is 5.21. The summed E-state index contributed by atoms with van der Waals surface area (Å²) in [6.07, 6.45) is -2.97. The van der Waals surface area contributed by atoms with Crippen molar-refractivity contribution < 1.29 is 17.6 Å². The second-order valence-corrected chi connectivity index (χ2v) is 5.65. The van der Waals surface area contributed by atoms with Crippen LogP contribution in [0.5, 0.6) is 0 Å². The van der Waals surface area contributed by atoms with E-state index < -0.39 is 11.9 Å². The molecular formula is C18H12F3N3O. The highest BCUT2D eigenvalue weighted by Gasteiger charge is 2.34. The Bertz CT molecular complexity index is 1060. The van der Waals surface area contributed by atoms with Crippen LogP contribution >= 0.6 is 0 Å². The highest BCUT2D eigenvalue weighted by atomic mass is 19.4. The summed E-state index contributed by atoms with van der Waals surface area (Å²) in [4.78, 5) is 4.13. The number of benzene rings is 1. The number of fused-ring (bicyclic) bond motifs is 1. The zero-order valence-corrected chi connectivity index (χ0v) is 13.1. The van der Waals surface area contributed by atoms with Crippen molar-refractivity contribution in [1.82, 2.24) is 15.2 Å². The van der Waals surface area contributed by atoms with Gasteiger partial charge in [-0.15, -0.1) is 0 Å². The molecule has 0 amide bonds. The van der Waals surface area contributed by atoms with Gasteiger partial charge in [-0.3, -0.25) is 10.1 Å². The Morgan fingerprint density at radius 1 is 1.08 bits per heavy atom. The van der Waals surface area contributed by atoms with Gasteiger partial charge in [-0.2, -0.15) is 18.3 Å². The van der Waals surface area contributed by atoms with Gasteiger partial charge in [-0.1, -0.05) is 18.2 Å². The smallest absolute Gasteiger partial charge is 0.435 e. The Hall–Kier alpha value is -3.09. The number of nitrogens with one attached hydrogen (secondary N) is 1. The maximum Gasteiger partial charge on any atom is 0.435 e. The minimum atomic E-state index is -4.50. The average Bonchev–Trinajstić information content (AvgIpc) is 3.21. The molecule has 3 heterocycles. The summed E-state index contributed by atoms with van der Waals surface area (Å²) >= 11 is 0. The maximum absolute atomic E-state index is 12.7. The first-order chi connectivity index (χ1) is 11.9. The van der Waals surface area contributed by atoms with Crippen LogP contribution < -0.4 is 0 Å². The molecule has 3 aromatic heterocycles. The number of rotatable bonds is 2.